The highest BCUT2D eigenvalue weighted by atomic mass is 32.2. The molecular formula is C19H15FN4O3S. The molecular weight excluding hydrogens is 383 g/mol. The average molecular weight is 398 g/mol. The predicted octanol–water partition coefficient (Wildman–Crippen LogP) is 2.15. The molecule has 0 N–H and O–H groups in total. The molecule has 0 fully saturated rings. The van der Waals surface area contributed by atoms with Crippen LogP contribution in [0.5, 0.6) is 0 Å². The number of rotatable bonds is 4. The number of benzene rings is 2. The van der Waals surface area contributed by atoms with E-state index in [1.807, 2.05) is 0 Å². The molecule has 0 spiro atoms. The highest BCUT2D eigenvalue weighted by molar-refractivity contribution is 7.91. The minimum atomic E-state index is -3.83. The van der Waals surface area contributed by atoms with Crippen LogP contribution in [0.25, 0.3) is 10.8 Å². The van der Waals surface area contributed by atoms with Crippen molar-refractivity contribution in [2.24, 2.45) is 7.05 Å². The first-order valence-corrected chi connectivity index (χ1v) is 9.83. The second-order valence-corrected chi connectivity index (χ2v) is 8.21. The van der Waals surface area contributed by atoms with Crippen molar-refractivity contribution in [3.8, 4) is 0 Å². The van der Waals surface area contributed by atoms with Crippen molar-refractivity contribution in [3.05, 3.63) is 82.8 Å². The largest absolute Gasteiger partial charge is 0.275 e. The van der Waals surface area contributed by atoms with Gasteiger partial charge in [-0.15, -0.1) is 5.10 Å². The Morgan fingerprint density at radius 3 is 2.39 bits per heavy atom. The lowest BCUT2D eigenvalue weighted by molar-refractivity contribution is 0.509. The molecule has 0 aliphatic rings. The van der Waals surface area contributed by atoms with E-state index >= 15 is 0 Å². The quantitative estimate of drug-likeness (QED) is 0.526. The van der Waals surface area contributed by atoms with E-state index in [0.29, 0.717) is 5.69 Å². The summed E-state index contributed by atoms with van der Waals surface area (Å²) in [6.45, 7) is 0.0105. The number of aromatic nitrogens is 4. The molecule has 142 valence electrons. The Labute approximate surface area is 159 Å². The third kappa shape index (κ3) is 3.09. The summed E-state index contributed by atoms with van der Waals surface area (Å²) in [6, 6.07) is 13.3. The summed E-state index contributed by atoms with van der Waals surface area (Å²) in [5.74, 6) is -0.921. The van der Waals surface area contributed by atoms with Gasteiger partial charge in [0.05, 0.1) is 27.4 Å². The molecule has 2 heterocycles. The lowest BCUT2D eigenvalue weighted by Gasteiger charge is -2.08. The Morgan fingerprint density at radius 1 is 0.964 bits per heavy atom. The predicted molar refractivity (Wildman–Crippen MR) is 100 cm³/mol. The second-order valence-electron chi connectivity index (χ2n) is 6.26. The van der Waals surface area contributed by atoms with Crippen LogP contribution in [-0.4, -0.2) is 28.0 Å². The molecule has 4 aromatic rings. The van der Waals surface area contributed by atoms with Crippen molar-refractivity contribution >= 4 is 20.6 Å². The summed E-state index contributed by atoms with van der Waals surface area (Å²) < 4.78 is 42.7. The van der Waals surface area contributed by atoms with Gasteiger partial charge in [-0.25, -0.2) is 13.1 Å². The van der Waals surface area contributed by atoms with Gasteiger partial charge < -0.3 is 0 Å². The monoisotopic (exact) mass is 398 g/mol. The number of aryl methyl sites for hydroxylation is 1. The fourth-order valence-electron chi connectivity index (χ4n) is 2.94. The molecule has 0 aliphatic carbocycles. The van der Waals surface area contributed by atoms with Crippen LogP contribution in [0.1, 0.15) is 5.69 Å². The smallest absolute Gasteiger partial charge is 0.275 e. The molecule has 0 saturated heterocycles. The zero-order valence-corrected chi connectivity index (χ0v) is 15.6. The van der Waals surface area contributed by atoms with Gasteiger partial charge in [-0.1, -0.05) is 18.2 Å². The van der Waals surface area contributed by atoms with Crippen molar-refractivity contribution in [2.45, 2.75) is 16.3 Å². The van der Waals surface area contributed by atoms with Crippen LogP contribution >= 0.6 is 0 Å². The molecule has 2 aromatic carbocycles. The van der Waals surface area contributed by atoms with Crippen molar-refractivity contribution < 1.29 is 12.8 Å². The lowest BCUT2D eigenvalue weighted by atomic mass is 10.2. The van der Waals surface area contributed by atoms with Gasteiger partial charge in [0.15, 0.2) is 0 Å². The number of halogens is 1. The summed E-state index contributed by atoms with van der Waals surface area (Å²) >= 11 is 0. The number of nitrogens with zero attached hydrogens (tertiary/aromatic N) is 4. The number of sulfone groups is 1. The summed E-state index contributed by atoms with van der Waals surface area (Å²) in [6.07, 6.45) is 1.71. The van der Waals surface area contributed by atoms with Crippen LogP contribution < -0.4 is 5.56 Å². The molecule has 0 atom stereocenters. The molecule has 9 heteroatoms. The van der Waals surface area contributed by atoms with Crippen LogP contribution in [0.15, 0.2) is 75.4 Å². The van der Waals surface area contributed by atoms with E-state index < -0.39 is 21.3 Å². The van der Waals surface area contributed by atoms with Gasteiger partial charge >= 0.3 is 0 Å². The Morgan fingerprint density at radius 2 is 1.71 bits per heavy atom. The summed E-state index contributed by atoms with van der Waals surface area (Å²) in [7, 11) is -2.10. The van der Waals surface area contributed by atoms with Crippen molar-refractivity contribution in [1.29, 1.82) is 0 Å². The zero-order valence-electron chi connectivity index (χ0n) is 14.8. The fraction of sp³-hybridized carbons (Fsp3) is 0.105. The second kappa shape index (κ2) is 6.68. The summed E-state index contributed by atoms with van der Waals surface area (Å²) in [4.78, 5) is 12.7. The van der Waals surface area contributed by atoms with Gasteiger partial charge in [-0.3, -0.25) is 9.48 Å². The Balaban J connectivity index is 1.82. The van der Waals surface area contributed by atoms with Gasteiger partial charge in [0.2, 0.25) is 15.8 Å². The maximum absolute atomic E-state index is 14.6. The zero-order chi connectivity index (χ0) is 19.9. The van der Waals surface area contributed by atoms with E-state index in [2.05, 4.69) is 10.2 Å². The normalized spacial score (nSPS) is 11.8. The molecule has 0 saturated carbocycles. The van der Waals surface area contributed by atoms with Crippen molar-refractivity contribution in [2.75, 3.05) is 0 Å². The fourth-order valence-corrected chi connectivity index (χ4v) is 4.24. The van der Waals surface area contributed by atoms with Gasteiger partial charge in [-0.2, -0.15) is 9.49 Å². The van der Waals surface area contributed by atoms with Gasteiger partial charge in [0.1, 0.15) is 0 Å². The van der Waals surface area contributed by atoms with Gasteiger partial charge in [0.25, 0.3) is 5.56 Å². The minimum Gasteiger partial charge on any atom is -0.275 e. The average Bonchev–Trinajstić information content (AvgIpc) is 3.11. The molecule has 4 rings (SSSR count). The Bertz CT molecular complexity index is 1340. The van der Waals surface area contributed by atoms with Gasteiger partial charge in [-0.05, 0) is 36.4 Å². The first-order valence-electron chi connectivity index (χ1n) is 8.35. The van der Waals surface area contributed by atoms with Crippen LogP contribution in [0.2, 0.25) is 0 Å². The molecule has 0 unspecified atom stereocenters. The highest BCUT2D eigenvalue weighted by Gasteiger charge is 2.20. The van der Waals surface area contributed by atoms with Crippen LogP contribution in [0, 0.1) is 5.95 Å². The number of hydrogen-bond donors (Lipinski definition) is 0. The molecule has 2 aromatic heterocycles. The third-order valence-electron chi connectivity index (χ3n) is 4.33. The van der Waals surface area contributed by atoms with Crippen molar-refractivity contribution in [1.82, 2.24) is 19.6 Å². The van der Waals surface area contributed by atoms with Gasteiger partial charge in [0, 0.05) is 18.6 Å². The standard InChI is InChI=1S/C19H15FN4O3S/c1-23-10-9-13(21-23)12-24-19(25)16-8-7-15(11-17(16)18(20)22-24)28(26,27)14-5-3-2-4-6-14/h2-11H,12H2,1H3. The first-order chi connectivity index (χ1) is 13.4. The van der Waals surface area contributed by atoms with E-state index in [1.165, 1.54) is 24.3 Å². The Kier molecular flexibility index (Phi) is 4.31. The van der Waals surface area contributed by atoms with E-state index in [9.17, 15) is 17.6 Å². The first kappa shape index (κ1) is 18.1. The third-order valence-corrected chi connectivity index (χ3v) is 6.10. The maximum Gasteiger partial charge on any atom is 0.275 e. The maximum atomic E-state index is 14.6. The molecule has 0 radical (unpaired) electrons. The van der Waals surface area contributed by atoms with E-state index in [0.717, 1.165) is 10.7 Å². The summed E-state index contributed by atoms with van der Waals surface area (Å²) in [5, 5.41) is 7.76. The highest BCUT2D eigenvalue weighted by Crippen LogP contribution is 2.24. The van der Waals surface area contributed by atoms with Crippen LogP contribution in [0.3, 0.4) is 0 Å². The van der Waals surface area contributed by atoms with Crippen LogP contribution in [0.4, 0.5) is 4.39 Å². The van der Waals surface area contributed by atoms with E-state index in [1.54, 1.807) is 42.2 Å². The molecule has 28 heavy (non-hydrogen) atoms. The topological polar surface area (TPSA) is 86.9 Å². The molecule has 7 nitrogen and oxygen atoms in total. The number of hydrogen-bond acceptors (Lipinski definition) is 5. The molecule has 0 amide bonds. The van der Waals surface area contributed by atoms with E-state index in [-0.39, 0.29) is 27.1 Å². The molecule has 0 bridgehead atoms. The summed E-state index contributed by atoms with van der Waals surface area (Å²) in [5.41, 5.74) is 0.0323. The lowest BCUT2D eigenvalue weighted by Crippen LogP contribution is -2.25. The SMILES string of the molecule is Cn1ccc(Cn2nc(F)c3cc(S(=O)(=O)c4ccccc4)ccc3c2=O)n1. The van der Waals surface area contributed by atoms with E-state index in [4.69, 9.17) is 0 Å². The van der Waals surface area contributed by atoms with Crippen molar-refractivity contribution in [3.63, 3.8) is 0 Å². The Hall–Kier alpha value is -3.33. The molecule has 0 aliphatic heterocycles. The number of fused-ring (bicyclic) bond motifs is 1. The minimum absolute atomic E-state index is 0.0105. The van der Waals surface area contributed by atoms with Crippen LogP contribution in [-0.2, 0) is 23.4 Å².